The van der Waals surface area contributed by atoms with Crippen molar-refractivity contribution in [3.63, 3.8) is 0 Å². The smallest absolute Gasteiger partial charge is 0.0530 e. The van der Waals surface area contributed by atoms with Crippen LogP contribution >= 0.6 is 0 Å². The first-order valence-electron chi connectivity index (χ1n) is 5.68. The molecule has 1 rings (SSSR count). The summed E-state index contributed by atoms with van der Waals surface area (Å²) >= 11 is 0. The summed E-state index contributed by atoms with van der Waals surface area (Å²) in [4.78, 5) is 2.45. The van der Waals surface area contributed by atoms with Gasteiger partial charge in [0.1, 0.15) is 0 Å². The lowest BCUT2D eigenvalue weighted by Gasteiger charge is -2.25. The van der Waals surface area contributed by atoms with Crippen LogP contribution < -0.4 is 11.1 Å². The molecule has 0 bridgehead atoms. The zero-order valence-electron chi connectivity index (χ0n) is 10.6. The van der Waals surface area contributed by atoms with E-state index in [4.69, 9.17) is 5.73 Å². The molecule has 0 saturated carbocycles. The Hall–Kier alpha value is -0.380. The number of nitrogens with zero attached hydrogens (tertiary/aromatic N) is 1. The minimum absolute atomic E-state index is 0.179. The van der Waals surface area contributed by atoms with Gasteiger partial charge in [-0.05, 0) is 39.8 Å². The van der Waals surface area contributed by atoms with Crippen LogP contribution in [0.2, 0.25) is 0 Å². The quantitative estimate of drug-likeness (QED) is 0.508. The number of hydrogen-bond donors (Lipinski definition) is 2. The Morgan fingerprint density at radius 2 is 2.20 bits per heavy atom. The van der Waals surface area contributed by atoms with E-state index in [-0.39, 0.29) is 11.1 Å². The SMILES string of the molecule is C=C(CN)C1(C)CN1CCC(C)(C)NC. The van der Waals surface area contributed by atoms with Crippen LogP contribution in [0.25, 0.3) is 0 Å². The Morgan fingerprint density at radius 1 is 1.60 bits per heavy atom. The maximum Gasteiger partial charge on any atom is 0.0530 e. The molecule has 0 radical (unpaired) electrons. The fraction of sp³-hybridized carbons (Fsp3) is 0.833. The average molecular weight is 211 g/mol. The monoisotopic (exact) mass is 211 g/mol. The number of nitrogens with two attached hydrogens (primary N) is 1. The highest BCUT2D eigenvalue weighted by Gasteiger charge is 2.48. The van der Waals surface area contributed by atoms with E-state index in [1.807, 2.05) is 7.05 Å². The largest absolute Gasteiger partial charge is 0.327 e. The zero-order chi connectivity index (χ0) is 11.7. The van der Waals surface area contributed by atoms with Gasteiger partial charge in [0, 0.05) is 25.2 Å². The summed E-state index contributed by atoms with van der Waals surface area (Å²) in [6.07, 6.45) is 1.15. The van der Waals surface area contributed by atoms with Crippen LogP contribution in [0.1, 0.15) is 27.2 Å². The molecule has 0 aromatic carbocycles. The van der Waals surface area contributed by atoms with Crippen molar-refractivity contribution in [3.8, 4) is 0 Å². The van der Waals surface area contributed by atoms with E-state index in [1.165, 1.54) is 0 Å². The molecule has 3 heteroatoms. The molecule has 1 aliphatic heterocycles. The summed E-state index contributed by atoms with van der Waals surface area (Å²) in [5, 5.41) is 3.32. The first-order valence-corrected chi connectivity index (χ1v) is 5.68. The van der Waals surface area contributed by atoms with Gasteiger partial charge < -0.3 is 11.1 Å². The zero-order valence-corrected chi connectivity index (χ0v) is 10.6. The highest BCUT2D eigenvalue weighted by Crippen LogP contribution is 2.37. The summed E-state index contributed by atoms with van der Waals surface area (Å²) in [7, 11) is 2.01. The number of rotatable bonds is 6. The Balaban J connectivity index is 2.36. The molecule has 0 aliphatic carbocycles. The van der Waals surface area contributed by atoms with Crippen molar-refractivity contribution < 1.29 is 0 Å². The van der Waals surface area contributed by atoms with E-state index < -0.39 is 0 Å². The van der Waals surface area contributed by atoms with Gasteiger partial charge >= 0.3 is 0 Å². The van der Waals surface area contributed by atoms with Crippen molar-refractivity contribution in [1.82, 2.24) is 10.2 Å². The molecular weight excluding hydrogens is 186 g/mol. The van der Waals surface area contributed by atoms with Crippen LogP contribution in [0.3, 0.4) is 0 Å². The minimum atomic E-state index is 0.179. The summed E-state index contributed by atoms with van der Waals surface area (Å²) in [5.74, 6) is 0. The van der Waals surface area contributed by atoms with Crippen LogP contribution in [0.4, 0.5) is 0 Å². The highest BCUT2D eigenvalue weighted by molar-refractivity contribution is 5.27. The van der Waals surface area contributed by atoms with Crippen LogP contribution in [-0.2, 0) is 0 Å². The Morgan fingerprint density at radius 3 is 2.67 bits per heavy atom. The maximum atomic E-state index is 5.63. The summed E-state index contributed by atoms with van der Waals surface area (Å²) in [6.45, 7) is 13.6. The predicted molar refractivity (Wildman–Crippen MR) is 65.9 cm³/mol. The van der Waals surface area contributed by atoms with Gasteiger partial charge in [0.25, 0.3) is 0 Å². The van der Waals surface area contributed by atoms with E-state index in [1.54, 1.807) is 0 Å². The lowest BCUT2D eigenvalue weighted by atomic mass is 10.0. The average Bonchev–Trinajstić information content (AvgIpc) is 2.87. The van der Waals surface area contributed by atoms with Crippen molar-refractivity contribution in [2.75, 3.05) is 26.7 Å². The topological polar surface area (TPSA) is 41.1 Å². The van der Waals surface area contributed by atoms with Crippen LogP contribution in [-0.4, -0.2) is 42.7 Å². The molecule has 1 heterocycles. The van der Waals surface area contributed by atoms with Crippen LogP contribution in [0.5, 0.6) is 0 Å². The molecule has 0 aromatic heterocycles. The molecule has 0 aromatic rings. The van der Waals surface area contributed by atoms with Crippen molar-refractivity contribution in [1.29, 1.82) is 0 Å². The molecule has 0 amide bonds. The van der Waals surface area contributed by atoms with Crippen molar-refractivity contribution >= 4 is 0 Å². The normalized spacial score (nSPS) is 30.3. The van der Waals surface area contributed by atoms with Gasteiger partial charge in [-0.15, -0.1) is 0 Å². The van der Waals surface area contributed by atoms with E-state index in [9.17, 15) is 0 Å². The van der Waals surface area contributed by atoms with Crippen molar-refractivity contribution in [2.45, 2.75) is 38.3 Å². The number of nitrogens with one attached hydrogen (secondary N) is 1. The Bertz CT molecular complexity index is 247. The fourth-order valence-electron chi connectivity index (χ4n) is 1.76. The van der Waals surface area contributed by atoms with E-state index in [0.717, 1.165) is 25.1 Å². The van der Waals surface area contributed by atoms with Gasteiger partial charge in [-0.3, -0.25) is 4.90 Å². The second kappa shape index (κ2) is 4.24. The third-order valence-corrected chi connectivity index (χ3v) is 3.78. The standard InChI is InChI=1S/C12H25N3/c1-10(8-13)12(4)9-15(12)7-6-11(2,3)14-5/h14H,1,6-9,13H2,2-5H3. The van der Waals surface area contributed by atoms with Gasteiger partial charge in [-0.25, -0.2) is 0 Å². The molecule has 88 valence electrons. The first-order chi connectivity index (χ1) is 6.85. The second-order valence-corrected chi connectivity index (χ2v) is 5.39. The molecule has 3 N–H and O–H groups in total. The summed E-state index contributed by atoms with van der Waals surface area (Å²) < 4.78 is 0. The summed E-state index contributed by atoms with van der Waals surface area (Å²) in [5.41, 5.74) is 7.18. The Labute approximate surface area is 93.7 Å². The minimum Gasteiger partial charge on any atom is -0.327 e. The van der Waals surface area contributed by atoms with Crippen molar-refractivity contribution in [3.05, 3.63) is 12.2 Å². The third kappa shape index (κ3) is 2.80. The predicted octanol–water partition coefficient (Wildman–Crippen LogP) is 0.964. The van der Waals surface area contributed by atoms with Gasteiger partial charge in [0.05, 0.1) is 5.54 Å². The van der Waals surface area contributed by atoms with Gasteiger partial charge in [0.2, 0.25) is 0 Å². The molecule has 15 heavy (non-hydrogen) atoms. The molecule has 1 aliphatic rings. The van der Waals surface area contributed by atoms with Gasteiger partial charge in [0.15, 0.2) is 0 Å². The Kier molecular flexibility index (Phi) is 3.59. The molecule has 2 atom stereocenters. The second-order valence-electron chi connectivity index (χ2n) is 5.39. The van der Waals surface area contributed by atoms with E-state index >= 15 is 0 Å². The van der Waals surface area contributed by atoms with Crippen LogP contribution in [0, 0.1) is 0 Å². The maximum absolute atomic E-state index is 5.63. The van der Waals surface area contributed by atoms with Crippen molar-refractivity contribution in [2.24, 2.45) is 5.73 Å². The highest BCUT2D eigenvalue weighted by atomic mass is 15.4. The lowest BCUT2D eigenvalue weighted by Crippen LogP contribution is -2.38. The van der Waals surface area contributed by atoms with Gasteiger partial charge in [-0.1, -0.05) is 6.58 Å². The van der Waals surface area contributed by atoms with E-state index in [2.05, 4.69) is 37.6 Å². The lowest BCUT2D eigenvalue weighted by molar-refractivity contribution is 0.336. The van der Waals surface area contributed by atoms with E-state index in [0.29, 0.717) is 6.54 Å². The molecule has 1 saturated heterocycles. The molecule has 1 fully saturated rings. The molecular formula is C12H25N3. The van der Waals surface area contributed by atoms with Gasteiger partial charge in [-0.2, -0.15) is 0 Å². The molecule has 2 unspecified atom stereocenters. The molecule has 0 spiro atoms. The van der Waals surface area contributed by atoms with Crippen LogP contribution in [0.15, 0.2) is 12.2 Å². The molecule has 3 nitrogen and oxygen atoms in total. The number of hydrogen-bond acceptors (Lipinski definition) is 3. The first kappa shape index (κ1) is 12.7. The fourth-order valence-corrected chi connectivity index (χ4v) is 1.76. The summed E-state index contributed by atoms with van der Waals surface area (Å²) in [6, 6.07) is 0. The third-order valence-electron chi connectivity index (χ3n) is 3.78.